The molecule has 7 heteroatoms. The molecule has 0 saturated heterocycles. The van der Waals surface area contributed by atoms with Crippen LogP contribution in [0.25, 0.3) is 0 Å². The second-order valence-electron chi connectivity index (χ2n) is 3.13. The summed E-state index contributed by atoms with van der Waals surface area (Å²) in [4.78, 5) is 14.1. The predicted molar refractivity (Wildman–Crippen MR) is 57.4 cm³/mol. The number of rotatable bonds is 3. The van der Waals surface area contributed by atoms with Crippen LogP contribution in [0.4, 0.5) is 17.3 Å². The van der Waals surface area contributed by atoms with E-state index in [1.54, 1.807) is 24.0 Å². The molecule has 2 rings (SSSR count). The van der Waals surface area contributed by atoms with Crippen LogP contribution < -0.4 is 5.32 Å². The Kier molecular flexibility index (Phi) is 2.50. The molecule has 16 heavy (non-hydrogen) atoms. The van der Waals surface area contributed by atoms with Crippen molar-refractivity contribution >= 4 is 17.3 Å². The van der Waals surface area contributed by atoms with Crippen molar-refractivity contribution in [2.45, 2.75) is 0 Å². The second kappa shape index (κ2) is 3.97. The number of anilines is 2. The van der Waals surface area contributed by atoms with Gasteiger partial charge in [0.05, 0.1) is 4.92 Å². The van der Waals surface area contributed by atoms with E-state index < -0.39 is 4.92 Å². The molecule has 0 unspecified atom stereocenters. The standard InChI is InChI=1S/C9H9N5O2/c1-13-6-4-8(12-13)11-9-7(14(15)16)3-2-5-10-9/h2-6H,1H3,(H,10,11,12). The van der Waals surface area contributed by atoms with Gasteiger partial charge in [-0.2, -0.15) is 5.10 Å². The molecule has 0 bridgehead atoms. The van der Waals surface area contributed by atoms with Gasteiger partial charge in [0.2, 0.25) is 5.82 Å². The van der Waals surface area contributed by atoms with Crippen molar-refractivity contribution in [2.24, 2.45) is 7.05 Å². The Morgan fingerprint density at radius 2 is 2.31 bits per heavy atom. The van der Waals surface area contributed by atoms with Gasteiger partial charge in [-0.3, -0.25) is 14.8 Å². The third kappa shape index (κ3) is 1.97. The molecule has 0 aliphatic rings. The highest BCUT2D eigenvalue weighted by molar-refractivity contribution is 5.62. The topological polar surface area (TPSA) is 85.9 Å². The third-order valence-electron chi connectivity index (χ3n) is 1.94. The average Bonchev–Trinajstić information content (AvgIpc) is 2.64. The van der Waals surface area contributed by atoms with E-state index in [4.69, 9.17) is 0 Å². The second-order valence-corrected chi connectivity index (χ2v) is 3.13. The van der Waals surface area contributed by atoms with Crippen LogP contribution in [0.2, 0.25) is 0 Å². The monoisotopic (exact) mass is 219 g/mol. The molecule has 0 aliphatic heterocycles. The van der Waals surface area contributed by atoms with Crippen LogP contribution in [-0.4, -0.2) is 19.7 Å². The number of nitrogens with one attached hydrogen (secondary N) is 1. The highest BCUT2D eigenvalue weighted by Crippen LogP contribution is 2.23. The quantitative estimate of drug-likeness (QED) is 0.624. The summed E-state index contributed by atoms with van der Waals surface area (Å²) in [5.41, 5.74) is -0.0758. The largest absolute Gasteiger partial charge is 0.318 e. The van der Waals surface area contributed by atoms with Crippen LogP contribution in [0.5, 0.6) is 0 Å². The van der Waals surface area contributed by atoms with Crippen LogP contribution in [0.1, 0.15) is 0 Å². The van der Waals surface area contributed by atoms with Crippen molar-refractivity contribution in [3.63, 3.8) is 0 Å². The highest BCUT2D eigenvalue weighted by atomic mass is 16.6. The van der Waals surface area contributed by atoms with E-state index in [0.717, 1.165) is 0 Å². The first-order valence-corrected chi connectivity index (χ1v) is 4.53. The fourth-order valence-electron chi connectivity index (χ4n) is 1.24. The van der Waals surface area contributed by atoms with E-state index in [2.05, 4.69) is 15.4 Å². The van der Waals surface area contributed by atoms with Crippen molar-refractivity contribution in [3.05, 3.63) is 40.7 Å². The minimum Gasteiger partial charge on any atom is -0.318 e. The van der Waals surface area contributed by atoms with Crippen molar-refractivity contribution in [2.75, 3.05) is 5.32 Å². The van der Waals surface area contributed by atoms with E-state index in [0.29, 0.717) is 5.82 Å². The minimum absolute atomic E-state index is 0.0758. The molecule has 0 fully saturated rings. The van der Waals surface area contributed by atoms with Gasteiger partial charge in [0, 0.05) is 31.6 Å². The van der Waals surface area contributed by atoms with Crippen LogP contribution in [0.3, 0.4) is 0 Å². The first-order valence-electron chi connectivity index (χ1n) is 4.53. The van der Waals surface area contributed by atoms with Gasteiger partial charge >= 0.3 is 5.69 Å². The molecule has 1 N–H and O–H groups in total. The molecular weight excluding hydrogens is 210 g/mol. The summed E-state index contributed by atoms with van der Waals surface area (Å²) in [6.07, 6.45) is 3.22. The molecule has 0 aliphatic carbocycles. The van der Waals surface area contributed by atoms with Crippen LogP contribution in [0.15, 0.2) is 30.6 Å². The number of pyridine rings is 1. The summed E-state index contributed by atoms with van der Waals surface area (Å²) in [5.74, 6) is 0.704. The summed E-state index contributed by atoms with van der Waals surface area (Å²) in [7, 11) is 1.76. The number of aromatic nitrogens is 3. The summed E-state index contributed by atoms with van der Waals surface area (Å²) in [6.45, 7) is 0. The predicted octanol–water partition coefficient (Wildman–Crippen LogP) is 1.47. The molecule has 2 aromatic heterocycles. The van der Waals surface area contributed by atoms with Crippen LogP contribution >= 0.6 is 0 Å². The molecule has 82 valence electrons. The number of nitrogens with zero attached hydrogens (tertiary/aromatic N) is 4. The first kappa shape index (κ1) is 10.1. The Morgan fingerprint density at radius 3 is 2.94 bits per heavy atom. The molecule has 0 atom stereocenters. The van der Waals surface area contributed by atoms with Gasteiger partial charge in [-0.1, -0.05) is 0 Å². The van der Waals surface area contributed by atoms with E-state index in [1.807, 2.05) is 0 Å². The zero-order valence-corrected chi connectivity index (χ0v) is 8.49. The fourth-order valence-corrected chi connectivity index (χ4v) is 1.24. The van der Waals surface area contributed by atoms with Gasteiger partial charge in [0.25, 0.3) is 0 Å². The zero-order chi connectivity index (χ0) is 11.5. The average molecular weight is 219 g/mol. The smallest absolute Gasteiger partial charge is 0.311 e. The van der Waals surface area contributed by atoms with Gasteiger partial charge < -0.3 is 5.32 Å². The van der Waals surface area contributed by atoms with Gasteiger partial charge in [-0.05, 0) is 6.07 Å². The first-order chi connectivity index (χ1) is 7.66. The Labute approximate surface area is 90.9 Å². The van der Waals surface area contributed by atoms with Gasteiger partial charge in [-0.15, -0.1) is 0 Å². The molecule has 0 radical (unpaired) electrons. The number of hydrogen-bond acceptors (Lipinski definition) is 5. The lowest BCUT2D eigenvalue weighted by Gasteiger charge is -2.01. The van der Waals surface area contributed by atoms with Crippen molar-refractivity contribution < 1.29 is 4.92 Å². The van der Waals surface area contributed by atoms with Gasteiger partial charge in [0.15, 0.2) is 5.82 Å². The summed E-state index contributed by atoms with van der Waals surface area (Å²) >= 11 is 0. The molecule has 0 spiro atoms. The maximum atomic E-state index is 10.7. The normalized spacial score (nSPS) is 10.1. The zero-order valence-electron chi connectivity index (χ0n) is 8.49. The molecule has 0 saturated carbocycles. The lowest BCUT2D eigenvalue weighted by Crippen LogP contribution is -2.00. The minimum atomic E-state index is -0.488. The number of aryl methyl sites for hydroxylation is 1. The number of hydrogen-bond donors (Lipinski definition) is 1. The van der Waals surface area contributed by atoms with E-state index in [9.17, 15) is 10.1 Å². The van der Waals surface area contributed by atoms with E-state index >= 15 is 0 Å². The Bertz CT molecular complexity index is 522. The van der Waals surface area contributed by atoms with Crippen LogP contribution in [0, 0.1) is 10.1 Å². The SMILES string of the molecule is Cn1ccc(Nc2ncccc2[N+](=O)[O-])n1. The number of nitro groups is 1. The molecular formula is C9H9N5O2. The van der Waals surface area contributed by atoms with Gasteiger partial charge in [-0.25, -0.2) is 4.98 Å². The molecule has 2 heterocycles. The summed E-state index contributed by atoms with van der Waals surface area (Å²) in [6, 6.07) is 4.61. The maximum absolute atomic E-state index is 10.7. The highest BCUT2D eigenvalue weighted by Gasteiger charge is 2.14. The molecule has 0 aromatic carbocycles. The van der Waals surface area contributed by atoms with Crippen molar-refractivity contribution in [3.8, 4) is 0 Å². The van der Waals surface area contributed by atoms with Crippen molar-refractivity contribution in [1.82, 2.24) is 14.8 Å². The van der Waals surface area contributed by atoms with Crippen LogP contribution in [-0.2, 0) is 7.05 Å². The lowest BCUT2D eigenvalue weighted by atomic mass is 10.4. The van der Waals surface area contributed by atoms with Gasteiger partial charge in [0.1, 0.15) is 0 Å². The third-order valence-corrected chi connectivity index (χ3v) is 1.94. The molecule has 2 aromatic rings. The Balaban J connectivity index is 2.31. The van der Waals surface area contributed by atoms with Crippen molar-refractivity contribution in [1.29, 1.82) is 0 Å². The fraction of sp³-hybridized carbons (Fsp3) is 0.111. The Morgan fingerprint density at radius 1 is 1.50 bits per heavy atom. The summed E-state index contributed by atoms with van der Waals surface area (Å²) < 4.78 is 1.59. The van der Waals surface area contributed by atoms with E-state index in [1.165, 1.54) is 18.3 Å². The van der Waals surface area contributed by atoms with E-state index in [-0.39, 0.29) is 11.5 Å². The molecule has 0 amide bonds. The maximum Gasteiger partial charge on any atom is 0.311 e. The summed E-state index contributed by atoms with van der Waals surface area (Å²) in [5, 5.41) is 17.6. The molecule has 7 nitrogen and oxygen atoms in total. The lowest BCUT2D eigenvalue weighted by molar-refractivity contribution is -0.384. The Hall–Kier alpha value is -2.44.